The first-order valence-electron chi connectivity index (χ1n) is 17.0. The average Bonchev–Trinajstić information content (AvgIpc) is 3.64. The van der Waals surface area contributed by atoms with Gasteiger partial charge >= 0.3 is 0 Å². The van der Waals surface area contributed by atoms with Crippen molar-refractivity contribution >= 4 is 22.2 Å². The lowest BCUT2D eigenvalue weighted by Crippen LogP contribution is -2.70. The summed E-state index contributed by atoms with van der Waals surface area (Å²) >= 11 is 0. The number of para-hydroxylation sites is 2. The van der Waals surface area contributed by atoms with Crippen molar-refractivity contribution in [3.63, 3.8) is 0 Å². The van der Waals surface area contributed by atoms with E-state index < -0.39 is 0 Å². The molecule has 6 aliphatic heterocycles. The van der Waals surface area contributed by atoms with E-state index in [0.29, 0.717) is 23.9 Å². The fourth-order valence-electron chi connectivity index (χ4n) is 11.7. The summed E-state index contributed by atoms with van der Waals surface area (Å²) in [5.41, 5.74) is 14.5. The summed E-state index contributed by atoms with van der Waals surface area (Å²) in [4.78, 5) is 6.59. The second-order valence-electron chi connectivity index (χ2n) is 15.0. The number of aromatic nitrogens is 2. The standard InChI is InChI=1S/C39H39N4O/c1-3-23-20-41-15-12-26-25-8-4-6-10-31(25)40-36(26)33(41)18-27(23)29-21-42-32-11-7-5-9-30(32)39-14-16-43(2)22-24-13-17-44-37(29)35(38(39)42)28(24)19-34(39)43/h4-11,13,18,20-21,28,34-35,37-38H,3,12,14-17,19,22H2,1-2H3/q+1/p+1/t28-,34-,35-,37-,38-,39+,43?/m0/s1. The zero-order valence-corrected chi connectivity index (χ0v) is 25.7. The Morgan fingerprint density at radius 1 is 1.14 bits per heavy atom. The van der Waals surface area contributed by atoms with Crippen molar-refractivity contribution in [2.45, 2.75) is 62.8 Å². The van der Waals surface area contributed by atoms with Gasteiger partial charge in [-0.05, 0) is 46.7 Å². The predicted octanol–water partition coefficient (Wildman–Crippen LogP) is 5.92. The molecular formula is C39H40N4O+2. The number of benzene rings is 2. The second kappa shape index (κ2) is 8.13. The molecule has 1 spiro atoms. The fourth-order valence-corrected chi connectivity index (χ4v) is 11.7. The molecule has 4 aromatic rings. The molecule has 11 rings (SSSR count). The third kappa shape index (κ3) is 2.75. The summed E-state index contributed by atoms with van der Waals surface area (Å²) in [6.07, 6.45) is 12.3. The Morgan fingerprint density at radius 3 is 2.95 bits per heavy atom. The van der Waals surface area contributed by atoms with E-state index in [1.54, 1.807) is 11.1 Å². The molecule has 3 fully saturated rings. The highest BCUT2D eigenvalue weighted by Gasteiger charge is 2.74. The number of anilines is 1. The SMILES string of the molecule is CCc1c[n+]2c(cc1C1=CN3c4ccccc4[C@@]45CC[N+]6(C)CC7=CCO[C@@H]1[C@@H]([C@H]34)[C@H]7C[C@@H]56)-c1[nH]c3ccccc3c1CC2. The van der Waals surface area contributed by atoms with Gasteiger partial charge in [0.1, 0.15) is 18.3 Å². The van der Waals surface area contributed by atoms with Crippen LogP contribution in [-0.2, 0) is 29.5 Å². The van der Waals surface area contributed by atoms with Crippen LogP contribution < -0.4 is 9.47 Å². The number of rotatable bonds is 2. The zero-order valence-electron chi connectivity index (χ0n) is 25.7. The number of aryl methyl sites for hydroxylation is 3. The first-order chi connectivity index (χ1) is 21.6. The lowest BCUT2D eigenvalue weighted by molar-refractivity contribution is -0.925. The molecule has 44 heavy (non-hydrogen) atoms. The third-order valence-electron chi connectivity index (χ3n) is 13.4. The summed E-state index contributed by atoms with van der Waals surface area (Å²) < 4.78 is 10.8. The van der Waals surface area contributed by atoms with Gasteiger partial charge in [-0.2, -0.15) is 4.57 Å². The normalized spacial score (nSPS) is 35.0. The Balaban J connectivity index is 1.16. The van der Waals surface area contributed by atoms with Gasteiger partial charge < -0.3 is 19.1 Å². The predicted molar refractivity (Wildman–Crippen MR) is 173 cm³/mol. The van der Waals surface area contributed by atoms with Crippen LogP contribution in [0, 0.1) is 11.8 Å². The number of quaternary nitrogens is 1. The molecule has 7 atom stereocenters. The number of piperidine rings is 1. The fraction of sp³-hybridized carbons (Fsp3) is 0.410. The van der Waals surface area contributed by atoms with E-state index in [1.165, 1.54) is 80.7 Å². The number of likely N-dealkylation sites (N-methyl/N-ethyl adjacent to an activating group) is 1. The van der Waals surface area contributed by atoms with Gasteiger partial charge in [-0.15, -0.1) is 0 Å². The van der Waals surface area contributed by atoms with Crippen LogP contribution in [0.2, 0.25) is 0 Å². The number of aromatic amines is 1. The Morgan fingerprint density at radius 2 is 2.02 bits per heavy atom. The van der Waals surface area contributed by atoms with Gasteiger partial charge in [-0.25, -0.2) is 0 Å². The Hall–Kier alpha value is -3.67. The van der Waals surface area contributed by atoms with E-state index in [1.807, 2.05) is 0 Å². The number of nitrogens with zero attached hydrogens (tertiary/aromatic N) is 3. The van der Waals surface area contributed by atoms with Crippen LogP contribution in [0.5, 0.6) is 0 Å². The van der Waals surface area contributed by atoms with E-state index >= 15 is 0 Å². The Bertz CT molecular complexity index is 2000. The molecule has 0 amide bonds. The summed E-state index contributed by atoms with van der Waals surface area (Å²) in [5.74, 6) is 1.07. The Kier molecular flexibility index (Phi) is 4.55. The van der Waals surface area contributed by atoms with E-state index in [0.717, 1.165) is 26.0 Å². The minimum atomic E-state index is 0.110. The van der Waals surface area contributed by atoms with E-state index in [9.17, 15) is 0 Å². The van der Waals surface area contributed by atoms with Crippen molar-refractivity contribution in [2.75, 3.05) is 31.6 Å². The minimum Gasteiger partial charge on any atom is -0.369 e. The van der Waals surface area contributed by atoms with Crippen LogP contribution in [0.1, 0.15) is 42.0 Å². The largest absolute Gasteiger partial charge is 0.369 e. The molecule has 1 unspecified atom stereocenters. The summed E-state index contributed by atoms with van der Waals surface area (Å²) in [6.45, 7) is 6.58. The third-order valence-corrected chi connectivity index (χ3v) is 13.4. The van der Waals surface area contributed by atoms with Gasteiger partial charge in [0, 0.05) is 65.2 Å². The summed E-state index contributed by atoms with van der Waals surface area (Å²) in [7, 11) is 2.56. The topological polar surface area (TPSA) is 32.1 Å². The maximum Gasteiger partial charge on any atom is 0.229 e. The minimum absolute atomic E-state index is 0.110. The molecule has 2 saturated heterocycles. The molecule has 1 aliphatic carbocycles. The molecule has 5 heteroatoms. The molecule has 2 bridgehead atoms. The number of ether oxygens (including phenoxy) is 1. The quantitative estimate of drug-likeness (QED) is 0.182. The van der Waals surface area contributed by atoms with Crippen LogP contribution >= 0.6 is 0 Å². The van der Waals surface area contributed by atoms with Crippen LogP contribution in [0.25, 0.3) is 27.9 Å². The van der Waals surface area contributed by atoms with Gasteiger partial charge in [0.25, 0.3) is 0 Å². The smallest absolute Gasteiger partial charge is 0.229 e. The van der Waals surface area contributed by atoms with Gasteiger partial charge in [0.05, 0.1) is 37.8 Å². The zero-order chi connectivity index (χ0) is 28.9. The lowest BCUT2D eigenvalue weighted by Gasteiger charge is -2.59. The first-order valence-corrected chi connectivity index (χ1v) is 17.0. The van der Waals surface area contributed by atoms with Crippen molar-refractivity contribution in [1.82, 2.24) is 4.98 Å². The van der Waals surface area contributed by atoms with E-state index in [-0.39, 0.29) is 11.5 Å². The molecule has 1 N–H and O–H groups in total. The van der Waals surface area contributed by atoms with Crippen molar-refractivity contribution < 1.29 is 13.8 Å². The van der Waals surface area contributed by atoms with Crippen LogP contribution in [0.3, 0.4) is 0 Å². The first kappa shape index (κ1) is 24.6. The van der Waals surface area contributed by atoms with Crippen molar-refractivity contribution in [1.29, 1.82) is 0 Å². The monoisotopic (exact) mass is 580 g/mol. The van der Waals surface area contributed by atoms with Gasteiger partial charge in [0.2, 0.25) is 5.69 Å². The Labute approximate surface area is 259 Å². The highest BCUT2D eigenvalue weighted by atomic mass is 16.5. The van der Waals surface area contributed by atoms with Crippen LogP contribution in [0.15, 0.2) is 78.6 Å². The molecule has 220 valence electrons. The molecule has 5 nitrogen and oxygen atoms in total. The van der Waals surface area contributed by atoms with E-state index in [4.69, 9.17) is 4.74 Å². The molecule has 2 aromatic carbocycles. The second-order valence-corrected chi connectivity index (χ2v) is 15.0. The lowest BCUT2D eigenvalue weighted by atomic mass is 9.53. The maximum absolute atomic E-state index is 7.09. The molecule has 8 heterocycles. The number of hydrogen-bond donors (Lipinski definition) is 1. The van der Waals surface area contributed by atoms with Crippen molar-refractivity contribution in [2.24, 2.45) is 11.8 Å². The number of pyridine rings is 1. The highest BCUT2D eigenvalue weighted by Crippen LogP contribution is 2.67. The van der Waals surface area contributed by atoms with Gasteiger partial charge in [-0.3, -0.25) is 0 Å². The van der Waals surface area contributed by atoms with Crippen molar-refractivity contribution in [3.05, 3.63) is 101 Å². The van der Waals surface area contributed by atoms with Crippen molar-refractivity contribution in [3.8, 4) is 11.4 Å². The number of fused-ring (bicyclic) bond motifs is 7. The number of H-pyrrole nitrogens is 1. The van der Waals surface area contributed by atoms with Crippen LogP contribution in [-0.4, -0.2) is 54.4 Å². The average molecular weight is 581 g/mol. The molecule has 0 radical (unpaired) electrons. The van der Waals surface area contributed by atoms with Gasteiger partial charge in [-0.1, -0.05) is 49.4 Å². The molecule has 1 saturated carbocycles. The molecule has 7 aliphatic rings. The van der Waals surface area contributed by atoms with Gasteiger partial charge in [0.15, 0.2) is 12.7 Å². The molecule has 2 aromatic heterocycles. The van der Waals surface area contributed by atoms with E-state index in [2.05, 4.69) is 101 Å². The molecular weight excluding hydrogens is 540 g/mol. The number of hydrogen-bond acceptors (Lipinski definition) is 2. The maximum atomic E-state index is 7.09. The highest BCUT2D eigenvalue weighted by molar-refractivity contribution is 5.91. The number of nitrogens with one attached hydrogen (secondary N) is 1. The summed E-state index contributed by atoms with van der Waals surface area (Å²) in [5, 5.41) is 1.37. The van der Waals surface area contributed by atoms with Crippen LogP contribution in [0.4, 0.5) is 5.69 Å². The summed E-state index contributed by atoms with van der Waals surface area (Å²) in [6, 6.07) is 22.0.